The number of rotatable bonds is 8. The van der Waals surface area contributed by atoms with Crippen molar-refractivity contribution in [2.75, 3.05) is 33.7 Å². The van der Waals surface area contributed by atoms with Crippen molar-refractivity contribution in [3.05, 3.63) is 106 Å². The molecular weight excluding hydrogens is 807 g/mol. The van der Waals surface area contributed by atoms with Gasteiger partial charge in [0, 0.05) is 8.07 Å². The first-order chi connectivity index (χ1) is 29.5. The molecule has 0 bridgehead atoms. The Bertz CT molecular complexity index is 1050. The molecule has 0 amide bonds. The molecule has 0 aliphatic heterocycles. The first-order valence-corrected chi connectivity index (χ1v) is 31.2. The Morgan fingerprint density at radius 3 is 0.766 bits per heavy atom. The topological polar surface area (TPSA) is 3.24 Å². The van der Waals surface area contributed by atoms with Gasteiger partial charge in [0.15, 0.2) is 0 Å². The molecule has 0 aromatic heterocycles. The van der Waals surface area contributed by atoms with E-state index in [0.717, 1.165) is 5.92 Å². The zero-order valence-corrected chi connectivity index (χ0v) is 52.0. The monoisotopic (exact) mass is 932 g/mol. The third-order valence-electron chi connectivity index (χ3n) is 5.94. The van der Waals surface area contributed by atoms with Crippen LogP contribution in [0.3, 0.4) is 0 Å². The van der Waals surface area contributed by atoms with Crippen LogP contribution in [0.5, 0.6) is 0 Å². The zero-order valence-electron chi connectivity index (χ0n) is 50.1. The molecule has 3 aromatic rings. The summed E-state index contributed by atoms with van der Waals surface area (Å²) in [7, 11) is 5.39. The lowest BCUT2D eigenvalue weighted by Crippen LogP contribution is -2.10. The van der Waals surface area contributed by atoms with E-state index in [1.165, 1.54) is 104 Å². The third-order valence-corrected chi connectivity index (χ3v) is 5.94. The Balaban J connectivity index is -0.0000000754. The molecule has 0 saturated carbocycles. The number of aryl methyl sites for hydroxylation is 6. The molecule has 0 N–H and O–H groups in total. The molecule has 0 aliphatic carbocycles. The largest absolute Gasteiger partial charge is 0.312 e. The van der Waals surface area contributed by atoms with E-state index in [-0.39, 0.29) is 0 Å². The Labute approximate surface area is 416 Å². The van der Waals surface area contributed by atoms with E-state index >= 15 is 0 Å². The average molecular weight is 933 g/mol. The first kappa shape index (κ1) is 82.3. The van der Waals surface area contributed by atoms with Crippen molar-refractivity contribution in [2.24, 2.45) is 11.3 Å². The van der Waals surface area contributed by atoms with Gasteiger partial charge in [-0.15, -0.1) is 0 Å². The molecule has 3 heteroatoms. The fourth-order valence-corrected chi connectivity index (χ4v) is 3.76. The van der Waals surface area contributed by atoms with Gasteiger partial charge < -0.3 is 4.90 Å². The molecule has 1 nitrogen and oxygen atoms in total. The third kappa shape index (κ3) is 161. The average Bonchev–Trinajstić information content (AvgIpc) is 3.14. The van der Waals surface area contributed by atoms with Crippen LogP contribution >= 0.6 is 11.8 Å². The summed E-state index contributed by atoms with van der Waals surface area (Å²) in [5, 5.41) is 0. The van der Waals surface area contributed by atoms with Crippen molar-refractivity contribution in [3.63, 3.8) is 0 Å². The SMILES string of the molecule is CC.CC(C)(C)C.CC(C)C.CCC.CCCCC.CCCCCCCCC.CN(C)C.CSC.C[Si](C)(C)C.Cc1cc(C)cc(C)c1.Cc1ccc(C)cc1.Cc1ccccc1. The highest BCUT2D eigenvalue weighted by atomic mass is 32.2. The minimum atomic E-state index is -0.611. The Kier molecular flexibility index (Phi) is 84.2. The van der Waals surface area contributed by atoms with Gasteiger partial charge in [-0.05, 0) is 86.5 Å². The molecule has 0 atom stereocenters. The highest BCUT2D eigenvalue weighted by molar-refractivity contribution is 7.97. The number of unbranched alkanes of at least 4 members (excludes halogenated alkanes) is 8. The van der Waals surface area contributed by atoms with Gasteiger partial charge in [-0.2, -0.15) is 11.8 Å². The van der Waals surface area contributed by atoms with Crippen LogP contribution in [-0.2, 0) is 0 Å². The standard InChI is InChI=1S/C9H12.C9H20.C8H10.C7H8.2C5H12.C4H12Si.C4H10.C3H9N.C3H8.C2H6S.C2H6/c1-7-4-8(2)6-9(3)5-7;1-3-5-7-9-8-6-4-2;1-7-3-5-8(2)6-4-7;1-7-5-3-2-4-6-7;1-5(2,3)4;1-3-5-4-2;1-5(2,3)4;2*1-4(2)3;2*1-3-2;1-2/h4-6H,1-3H3;3-9H2,1-2H3;3-6H,1-2H3;2-6H,1H3;1-4H3;3-5H2,1-2H3;1-4H3;4H,1-3H3;1-3H3;3H2,1-2H3;1-2H3;1-2H3. The molecule has 0 aliphatic rings. The van der Waals surface area contributed by atoms with E-state index in [4.69, 9.17) is 0 Å². The number of thioether (sulfide) groups is 1. The molecule has 0 saturated heterocycles. The quantitative estimate of drug-likeness (QED) is 0.164. The molecule has 3 rings (SSSR count). The van der Waals surface area contributed by atoms with Crippen molar-refractivity contribution in [2.45, 2.75) is 242 Å². The van der Waals surface area contributed by atoms with Crippen LogP contribution in [0, 0.1) is 52.9 Å². The Hall–Kier alpha value is -1.81. The molecule has 0 heterocycles. The Morgan fingerprint density at radius 2 is 0.625 bits per heavy atom. The van der Waals surface area contributed by atoms with Gasteiger partial charge >= 0.3 is 0 Å². The van der Waals surface area contributed by atoms with Crippen LogP contribution < -0.4 is 0 Å². The molecule has 0 spiro atoms. The van der Waals surface area contributed by atoms with E-state index in [1.54, 1.807) is 11.8 Å². The molecule has 0 fully saturated rings. The number of nitrogens with zero attached hydrogens (tertiary/aromatic N) is 1. The van der Waals surface area contributed by atoms with E-state index in [9.17, 15) is 0 Å². The lowest BCUT2D eigenvalue weighted by atomic mass is 10.0. The van der Waals surface area contributed by atoms with E-state index in [2.05, 4.69) is 212 Å². The molecule has 64 heavy (non-hydrogen) atoms. The van der Waals surface area contributed by atoms with Gasteiger partial charge in [-0.3, -0.25) is 0 Å². The number of hydrogen-bond acceptors (Lipinski definition) is 2. The summed E-state index contributed by atoms with van der Waals surface area (Å²) >= 11 is 1.75. The van der Waals surface area contributed by atoms with Crippen molar-refractivity contribution >= 4 is 19.8 Å². The molecule has 384 valence electrons. The molecule has 3 aromatic carbocycles. The van der Waals surface area contributed by atoms with Crippen molar-refractivity contribution < 1.29 is 0 Å². The Morgan fingerprint density at radius 1 is 0.453 bits per heavy atom. The van der Waals surface area contributed by atoms with Crippen LogP contribution in [0.4, 0.5) is 0 Å². The number of hydrogen-bond donors (Lipinski definition) is 0. The second-order valence-corrected chi connectivity index (χ2v) is 27.6. The predicted octanol–water partition coefficient (Wildman–Crippen LogP) is 22.1. The molecule has 0 unspecified atom stereocenters. The summed E-state index contributed by atoms with van der Waals surface area (Å²) in [5.41, 5.74) is 8.54. The van der Waals surface area contributed by atoms with Crippen LogP contribution in [0.25, 0.3) is 0 Å². The molecular formula is C61H125NSSi. The van der Waals surface area contributed by atoms with Crippen molar-refractivity contribution in [1.82, 2.24) is 4.90 Å². The van der Waals surface area contributed by atoms with E-state index in [0.29, 0.717) is 5.41 Å². The van der Waals surface area contributed by atoms with Crippen LogP contribution in [0.1, 0.15) is 208 Å². The van der Waals surface area contributed by atoms with Crippen LogP contribution in [-0.4, -0.2) is 46.6 Å². The summed E-state index contributed by atoms with van der Waals surface area (Å²) in [5.74, 6) is 0.833. The van der Waals surface area contributed by atoms with Gasteiger partial charge in [-0.1, -0.05) is 307 Å². The maximum absolute atomic E-state index is 2.33. The van der Waals surface area contributed by atoms with E-state index < -0.39 is 8.07 Å². The summed E-state index contributed by atoms with van der Waals surface area (Å²) in [6, 6.07) is 25.3. The van der Waals surface area contributed by atoms with Gasteiger partial charge in [0.05, 0.1) is 0 Å². The summed E-state index contributed by atoms with van der Waals surface area (Å²) in [4.78, 5) is 2.00. The second kappa shape index (κ2) is 65.5. The minimum absolute atomic E-state index is 0.500. The maximum Gasteiger partial charge on any atom is 0.0411 e. The zero-order chi connectivity index (χ0) is 52.6. The first-order valence-electron chi connectivity index (χ1n) is 25.6. The highest BCUT2D eigenvalue weighted by Crippen LogP contribution is 2.08. The fraction of sp³-hybridized carbons (Fsp3) is 0.705. The van der Waals surface area contributed by atoms with Crippen LogP contribution in [0.2, 0.25) is 26.2 Å². The fourth-order valence-electron chi connectivity index (χ4n) is 3.76. The minimum Gasteiger partial charge on any atom is -0.312 e. The normalized spacial score (nSPS) is 9.19. The van der Waals surface area contributed by atoms with Gasteiger partial charge in [0.2, 0.25) is 0 Å². The van der Waals surface area contributed by atoms with Gasteiger partial charge in [0.25, 0.3) is 0 Å². The highest BCUT2D eigenvalue weighted by Gasteiger charge is 1.99. The van der Waals surface area contributed by atoms with E-state index in [1.807, 2.05) is 70.6 Å². The number of benzene rings is 3. The maximum atomic E-state index is 2.33. The van der Waals surface area contributed by atoms with Crippen LogP contribution in [0.15, 0.2) is 72.8 Å². The summed E-state index contributed by atoms with van der Waals surface area (Å²) < 4.78 is 0. The smallest absolute Gasteiger partial charge is 0.0411 e. The lowest BCUT2D eigenvalue weighted by Gasteiger charge is -2.05. The van der Waals surface area contributed by atoms with Gasteiger partial charge in [-0.25, -0.2) is 0 Å². The molecule has 0 radical (unpaired) electrons. The summed E-state index contributed by atoms with van der Waals surface area (Å²) in [6.07, 6.45) is 19.4. The van der Waals surface area contributed by atoms with Gasteiger partial charge in [0.1, 0.15) is 0 Å². The second-order valence-electron chi connectivity index (χ2n) is 20.8. The lowest BCUT2D eigenvalue weighted by molar-refractivity contribution is 0.469. The van der Waals surface area contributed by atoms with Crippen molar-refractivity contribution in [3.8, 4) is 0 Å². The summed E-state index contributed by atoms with van der Waals surface area (Å²) in [6.45, 7) is 54.4. The predicted molar refractivity (Wildman–Crippen MR) is 318 cm³/mol. The van der Waals surface area contributed by atoms with Crippen molar-refractivity contribution in [1.29, 1.82) is 0 Å².